The van der Waals surface area contributed by atoms with Crippen LogP contribution in [0, 0.1) is 19.7 Å². The Bertz CT molecular complexity index is 659. The van der Waals surface area contributed by atoms with Gasteiger partial charge in [-0.15, -0.1) is 0 Å². The highest BCUT2D eigenvalue weighted by molar-refractivity contribution is 5.95. The number of hydrogen-bond acceptors (Lipinski definition) is 3. The van der Waals surface area contributed by atoms with Gasteiger partial charge in [-0.2, -0.15) is 10.2 Å². The SMILES string of the molecule is Cc1nn(C)c(C)c1/C=N\NC(=O)c1ccc(F)cc1. The van der Waals surface area contributed by atoms with Crippen LogP contribution in [-0.4, -0.2) is 21.9 Å². The minimum Gasteiger partial charge on any atom is -0.272 e. The highest BCUT2D eigenvalue weighted by Gasteiger charge is 2.07. The van der Waals surface area contributed by atoms with E-state index in [2.05, 4.69) is 15.6 Å². The van der Waals surface area contributed by atoms with Gasteiger partial charge in [-0.05, 0) is 38.1 Å². The first-order chi connectivity index (χ1) is 9.49. The molecule has 0 spiro atoms. The predicted molar refractivity (Wildman–Crippen MR) is 74.1 cm³/mol. The number of hydrogen-bond donors (Lipinski definition) is 1. The molecule has 0 aliphatic heterocycles. The van der Waals surface area contributed by atoms with Crippen LogP contribution in [0.3, 0.4) is 0 Å². The van der Waals surface area contributed by atoms with Gasteiger partial charge >= 0.3 is 0 Å². The van der Waals surface area contributed by atoms with Gasteiger partial charge in [0, 0.05) is 23.9 Å². The van der Waals surface area contributed by atoms with Gasteiger partial charge in [0.05, 0.1) is 11.9 Å². The van der Waals surface area contributed by atoms with E-state index in [0.29, 0.717) is 5.56 Å². The third-order valence-corrected chi connectivity index (χ3v) is 3.03. The fraction of sp³-hybridized carbons (Fsp3) is 0.214. The second kappa shape index (κ2) is 5.64. The Hall–Kier alpha value is -2.50. The standard InChI is InChI=1S/C14H15FN4O/c1-9-13(10(2)19(3)18-9)8-16-17-14(20)11-4-6-12(15)7-5-11/h4-8H,1-3H3,(H,17,20)/b16-8-. The van der Waals surface area contributed by atoms with Crippen LogP contribution in [0.1, 0.15) is 27.3 Å². The lowest BCUT2D eigenvalue weighted by Crippen LogP contribution is -2.17. The van der Waals surface area contributed by atoms with E-state index in [1.807, 2.05) is 20.9 Å². The Morgan fingerprint density at radius 3 is 2.55 bits per heavy atom. The molecule has 1 amide bonds. The van der Waals surface area contributed by atoms with E-state index >= 15 is 0 Å². The van der Waals surface area contributed by atoms with E-state index < -0.39 is 0 Å². The number of nitrogens with one attached hydrogen (secondary N) is 1. The van der Waals surface area contributed by atoms with E-state index in [-0.39, 0.29) is 11.7 Å². The summed E-state index contributed by atoms with van der Waals surface area (Å²) in [5.74, 6) is -0.771. The zero-order chi connectivity index (χ0) is 14.7. The molecule has 0 radical (unpaired) electrons. The van der Waals surface area contributed by atoms with E-state index in [1.165, 1.54) is 24.3 Å². The van der Waals surface area contributed by atoms with Crippen molar-refractivity contribution in [2.45, 2.75) is 13.8 Å². The molecule has 0 unspecified atom stereocenters. The lowest BCUT2D eigenvalue weighted by atomic mass is 10.2. The number of carbonyl (C=O) groups is 1. The van der Waals surface area contributed by atoms with Crippen molar-refractivity contribution in [2.75, 3.05) is 0 Å². The van der Waals surface area contributed by atoms with Crippen molar-refractivity contribution in [3.05, 3.63) is 52.6 Å². The zero-order valence-corrected chi connectivity index (χ0v) is 11.5. The van der Waals surface area contributed by atoms with Crippen LogP contribution in [0.5, 0.6) is 0 Å². The largest absolute Gasteiger partial charge is 0.272 e. The number of carbonyl (C=O) groups excluding carboxylic acids is 1. The third-order valence-electron chi connectivity index (χ3n) is 3.03. The molecule has 0 aliphatic carbocycles. The fourth-order valence-corrected chi connectivity index (χ4v) is 1.80. The van der Waals surface area contributed by atoms with Crippen LogP contribution in [0.2, 0.25) is 0 Å². The van der Waals surface area contributed by atoms with Crippen LogP contribution in [-0.2, 0) is 7.05 Å². The average Bonchev–Trinajstić information content (AvgIpc) is 2.65. The highest BCUT2D eigenvalue weighted by atomic mass is 19.1. The van der Waals surface area contributed by atoms with Crippen molar-refractivity contribution in [1.29, 1.82) is 0 Å². The summed E-state index contributed by atoms with van der Waals surface area (Å²) in [5, 5.41) is 8.15. The molecular formula is C14H15FN4O. The van der Waals surface area contributed by atoms with Gasteiger partial charge in [-0.1, -0.05) is 0 Å². The molecule has 1 aromatic heterocycles. The van der Waals surface area contributed by atoms with E-state index in [4.69, 9.17) is 0 Å². The Morgan fingerprint density at radius 1 is 1.35 bits per heavy atom. The minimum atomic E-state index is -0.388. The van der Waals surface area contributed by atoms with Gasteiger partial charge in [0.25, 0.3) is 5.91 Å². The number of halogens is 1. The lowest BCUT2D eigenvalue weighted by Gasteiger charge is -1.99. The second-order valence-electron chi connectivity index (χ2n) is 4.41. The molecule has 0 saturated carbocycles. The zero-order valence-electron chi connectivity index (χ0n) is 11.5. The Labute approximate surface area is 116 Å². The first-order valence-corrected chi connectivity index (χ1v) is 6.08. The Morgan fingerprint density at radius 2 is 2.00 bits per heavy atom. The van der Waals surface area contributed by atoms with Crippen molar-refractivity contribution >= 4 is 12.1 Å². The average molecular weight is 274 g/mol. The smallest absolute Gasteiger partial charge is 0.271 e. The first-order valence-electron chi connectivity index (χ1n) is 6.08. The molecule has 1 heterocycles. The van der Waals surface area contributed by atoms with Gasteiger partial charge in [0.2, 0.25) is 0 Å². The summed E-state index contributed by atoms with van der Waals surface area (Å²) in [5.41, 5.74) is 5.42. The molecule has 0 bridgehead atoms. The molecule has 2 aromatic rings. The van der Waals surface area contributed by atoms with Gasteiger partial charge in [-0.3, -0.25) is 9.48 Å². The molecule has 0 saturated heterocycles. The van der Waals surface area contributed by atoms with E-state index in [9.17, 15) is 9.18 Å². The predicted octanol–water partition coefficient (Wildman–Crippen LogP) is 1.94. The van der Waals surface area contributed by atoms with E-state index in [0.717, 1.165) is 17.0 Å². The molecule has 1 aromatic carbocycles. The number of rotatable bonds is 3. The normalized spacial score (nSPS) is 11.0. The van der Waals surface area contributed by atoms with Crippen LogP contribution < -0.4 is 5.43 Å². The van der Waals surface area contributed by atoms with Crippen molar-refractivity contribution in [2.24, 2.45) is 12.1 Å². The number of hydrazone groups is 1. The maximum atomic E-state index is 12.7. The van der Waals surface area contributed by atoms with Gasteiger partial charge in [0.15, 0.2) is 0 Å². The summed E-state index contributed by atoms with van der Waals surface area (Å²) in [7, 11) is 1.84. The number of amides is 1. The fourth-order valence-electron chi connectivity index (χ4n) is 1.80. The quantitative estimate of drug-likeness (QED) is 0.687. The summed E-state index contributed by atoms with van der Waals surface area (Å²) in [4.78, 5) is 11.8. The maximum Gasteiger partial charge on any atom is 0.271 e. The van der Waals surface area contributed by atoms with Crippen molar-refractivity contribution in [1.82, 2.24) is 15.2 Å². The maximum absolute atomic E-state index is 12.7. The number of nitrogens with zero attached hydrogens (tertiary/aromatic N) is 3. The highest BCUT2D eigenvalue weighted by Crippen LogP contribution is 2.08. The van der Waals surface area contributed by atoms with Gasteiger partial charge in [-0.25, -0.2) is 9.82 Å². The number of aryl methyl sites for hydroxylation is 2. The number of aromatic nitrogens is 2. The topological polar surface area (TPSA) is 59.3 Å². The molecular weight excluding hydrogens is 259 g/mol. The third kappa shape index (κ3) is 2.90. The van der Waals surface area contributed by atoms with Gasteiger partial charge in [0.1, 0.15) is 5.82 Å². The summed E-state index contributed by atoms with van der Waals surface area (Å²) < 4.78 is 14.5. The summed E-state index contributed by atoms with van der Waals surface area (Å²) in [6.45, 7) is 3.79. The second-order valence-corrected chi connectivity index (χ2v) is 4.41. The molecule has 20 heavy (non-hydrogen) atoms. The molecule has 104 valence electrons. The monoisotopic (exact) mass is 274 g/mol. The molecule has 0 aliphatic rings. The first kappa shape index (κ1) is 13.9. The van der Waals surface area contributed by atoms with Crippen LogP contribution >= 0.6 is 0 Å². The number of benzene rings is 1. The summed E-state index contributed by atoms with van der Waals surface area (Å²) in [6.07, 6.45) is 1.55. The molecule has 0 atom stereocenters. The minimum absolute atomic E-state index is 0.350. The van der Waals surface area contributed by atoms with Crippen molar-refractivity contribution in [3.63, 3.8) is 0 Å². The lowest BCUT2D eigenvalue weighted by molar-refractivity contribution is 0.0955. The van der Waals surface area contributed by atoms with Crippen molar-refractivity contribution < 1.29 is 9.18 Å². The Kier molecular flexibility index (Phi) is 3.93. The van der Waals surface area contributed by atoms with E-state index in [1.54, 1.807) is 10.9 Å². The molecule has 1 N–H and O–H groups in total. The van der Waals surface area contributed by atoms with Crippen LogP contribution in [0.15, 0.2) is 29.4 Å². The molecule has 6 heteroatoms. The van der Waals surface area contributed by atoms with Crippen LogP contribution in [0.25, 0.3) is 0 Å². The summed E-state index contributed by atoms with van der Waals surface area (Å²) in [6, 6.07) is 5.27. The molecule has 5 nitrogen and oxygen atoms in total. The Balaban J connectivity index is 2.06. The van der Waals surface area contributed by atoms with Crippen LogP contribution in [0.4, 0.5) is 4.39 Å². The van der Waals surface area contributed by atoms with Crippen molar-refractivity contribution in [3.8, 4) is 0 Å². The molecule has 2 rings (SSSR count). The summed E-state index contributed by atoms with van der Waals surface area (Å²) >= 11 is 0. The van der Waals surface area contributed by atoms with Gasteiger partial charge < -0.3 is 0 Å². The molecule has 0 fully saturated rings.